The molecule has 7 atom stereocenters. The molecule has 3 amide bonds. The summed E-state index contributed by atoms with van der Waals surface area (Å²) in [5.41, 5.74) is -0.524. The number of aliphatic hydroxyl groups is 1. The van der Waals surface area contributed by atoms with Crippen molar-refractivity contribution in [2.75, 3.05) is 27.2 Å². The van der Waals surface area contributed by atoms with Crippen LogP contribution in [-0.4, -0.2) is 120 Å². The Labute approximate surface area is 348 Å². The Morgan fingerprint density at radius 1 is 1.03 bits per heavy atom. The fraction of sp³-hybridized carbons (Fsp3) is 0.705. The van der Waals surface area contributed by atoms with E-state index in [0.29, 0.717) is 12.8 Å². The predicted molar refractivity (Wildman–Crippen MR) is 218 cm³/mol. The highest BCUT2D eigenvalue weighted by atomic mass is 16.8. The van der Waals surface area contributed by atoms with Crippen molar-refractivity contribution < 1.29 is 52.9 Å². The van der Waals surface area contributed by atoms with E-state index in [2.05, 4.69) is 24.5 Å². The maximum Gasteiger partial charge on any atom is 0.327 e. The molecule has 4 aliphatic rings. The van der Waals surface area contributed by atoms with Crippen molar-refractivity contribution in [3.05, 3.63) is 41.5 Å². The summed E-state index contributed by atoms with van der Waals surface area (Å²) >= 11 is 0. The predicted octanol–water partition coefficient (Wildman–Crippen LogP) is 4.33. The lowest BCUT2D eigenvalue weighted by molar-refractivity contribution is -0.224. The lowest BCUT2D eigenvalue weighted by Gasteiger charge is -2.48. The second kappa shape index (κ2) is 20.1. The minimum Gasteiger partial charge on any atom is -0.460 e. The molecule has 3 heterocycles. The number of likely N-dealkylation sites (N-methyl/N-ethyl adjacent to an activating group) is 1. The normalized spacial score (nSPS) is 26.2. The van der Waals surface area contributed by atoms with Crippen molar-refractivity contribution in [2.45, 2.75) is 166 Å². The van der Waals surface area contributed by atoms with Crippen molar-refractivity contribution in [3.63, 3.8) is 0 Å². The number of nitrogens with zero attached hydrogens (tertiary/aromatic N) is 2. The number of unbranched alkanes of at least 4 members (excludes halogenated alkanes) is 4. The third-order valence-corrected chi connectivity index (χ3v) is 11.5. The number of hydrogen-bond donors (Lipinski definition) is 3. The standard InChI is InChI=1S/C44H66N4O11/c1-8-10-12-22-43(23-13-11-9-2)57-36-32-26-44(41(54)45-24-21-33(50)46-31(28-49)18-20-35(52)56-42(3,4)5)38(40(53)55-32)48(59-39(44)37(36)58-43)27-30-16-14-15-29(25-30)17-19-34(51)47(6)7/h14-17,19,25,31-32,36-39,49H,8-13,18,20-24,26-28H2,1-7H3,(H,45,54)(H,46,50)/t31-,32+,36-,37-,38-,39+,44-/m0/s1. The van der Waals surface area contributed by atoms with Gasteiger partial charge in [0.15, 0.2) is 11.8 Å². The van der Waals surface area contributed by atoms with Crippen LogP contribution in [0.4, 0.5) is 0 Å². The molecule has 15 heteroatoms. The maximum atomic E-state index is 14.7. The Kier molecular flexibility index (Phi) is 15.7. The number of fused-ring (bicyclic) bond motifs is 4. The number of hydroxylamine groups is 2. The van der Waals surface area contributed by atoms with Gasteiger partial charge in [-0.05, 0) is 57.2 Å². The van der Waals surface area contributed by atoms with Crippen molar-refractivity contribution in [1.82, 2.24) is 20.6 Å². The molecular weight excluding hydrogens is 761 g/mol. The third kappa shape index (κ3) is 11.3. The molecule has 0 spiro atoms. The third-order valence-electron chi connectivity index (χ3n) is 11.5. The second-order valence-corrected chi connectivity index (χ2v) is 17.6. The average Bonchev–Trinajstić information content (AvgIpc) is 3.73. The first-order chi connectivity index (χ1) is 28.0. The molecule has 328 valence electrons. The highest BCUT2D eigenvalue weighted by molar-refractivity contribution is 5.94. The molecule has 3 N–H and O–H groups in total. The number of ether oxygens (including phenoxy) is 4. The average molecular weight is 827 g/mol. The quantitative estimate of drug-likeness (QED) is 0.0908. The van der Waals surface area contributed by atoms with Crippen LogP contribution in [0.5, 0.6) is 0 Å². The smallest absolute Gasteiger partial charge is 0.327 e. The summed E-state index contributed by atoms with van der Waals surface area (Å²) in [6.07, 6.45) is 7.59. The van der Waals surface area contributed by atoms with Crippen molar-refractivity contribution in [2.24, 2.45) is 5.41 Å². The number of esters is 2. The SMILES string of the molecule is CCCCCC1(CCCCC)O[C@@H]2[C@H](O1)[C@H]1ON(Cc3cccc(C=CC(=O)N(C)C)c3)[C@H]3C(=O)O[C@@H]2C[C@@]13C(=O)NCCC(=O)N[C@H](CO)CCC(=O)OC(C)(C)C. The fourth-order valence-electron chi connectivity index (χ4n) is 8.64. The van der Waals surface area contributed by atoms with Crippen LogP contribution in [0.25, 0.3) is 6.08 Å². The number of carbonyl (C=O) groups is 5. The van der Waals surface area contributed by atoms with Gasteiger partial charge in [0.1, 0.15) is 35.4 Å². The molecule has 1 aliphatic carbocycles. The molecule has 1 aromatic rings. The van der Waals surface area contributed by atoms with Gasteiger partial charge in [-0.1, -0.05) is 63.8 Å². The summed E-state index contributed by atoms with van der Waals surface area (Å²) in [5, 5.41) is 17.1. The van der Waals surface area contributed by atoms with Gasteiger partial charge in [-0.2, -0.15) is 5.06 Å². The Morgan fingerprint density at radius 3 is 2.37 bits per heavy atom. The zero-order chi connectivity index (χ0) is 43.0. The monoisotopic (exact) mass is 826 g/mol. The van der Waals surface area contributed by atoms with Crippen LogP contribution < -0.4 is 10.6 Å². The van der Waals surface area contributed by atoms with E-state index in [1.807, 2.05) is 24.3 Å². The molecular formula is C44H66N4O11. The van der Waals surface area contributed by atoms with Crippen LogP contribution in [0.15, 0.2) is 30.3 Å². The van der Waals surface area contributed by atoms with Gasteiger partial charge in [-0.25, -0.2) is 0 Å². The van der Waals surface area contributed by atoms with Crippen LogP contribution in [0.1, 0.15) is 123 Å². The van der Waals surface area contributed by atoms with Crippen molar-refractivity contribution >= 4 is 35.7 Å². The summed E-state index contributed by atoms with van der Waals surface area (Å²) < 4.78 is 25.3. The highest BCUT2D eigenvalue weighted by Gasteiger charge is 2.76. The summed E-state index contributed by atoms with van der Waals surface area (Å²) in [5.74, 6) is -2.98. The van der Waals surface area contributed by atoms with E-state index in [0.717, 1.165) is 49.7 Å². The van der Waals surface area contributed by atoms with Gasteiger partial charge < -0.3 is 39.6 Å². The zero-order valence-corrected chi connectivity index (χ0v) is 36.0. The number of benzene rings is 1. The van der Waals surface area contributed by atoms with E-state index >= 15 is 0 Å². The Hall–Kier alpha value is -3.89. The first-order valence-corrected chi connectivity index (χ1v) is 21.4. The lowest BCUT2D eigenvalue weighted by atomic mass is 9.62. The number of amides is 3. The van der Waals surface area contributed by atoms with Crippen LogP contribution in [0, 0.1) is 5.41 Å². The number of rotatable bonds is 21. The van der Waals surface area contributed by atoms with E-state index in [4.69, 9.17) is 23.8 Å². The summed E-state index contributed by atoms with van der Waals surface area (Å²) in [6.45, 7) is 9.28. The van der Waals surface area contributed by atoms with Gasteiger partial charge in [0, 0.05) is 58.8 Å². The molecule has 5 rings (SSSR count). The molecule has 15 nitrogen and oxygen atoms in total. The Bertz CT molecular complexity index is 1670. The minimum absolute atomic E-state index is 0.0160. The molecule has 1 aromatic carbocycles. The molecule has 59 heavy (non-hydrogen) atoms. The molecule has 2 bridgehead atoms. The lowest BCUT2D eigenvalue weighted by Crippen LogP contribution is -2.69. The van der Waals surface area contributed by atoms with E-state index in [1.165, 1.54) is 16.0 Å². The second-order valence-electron chi connectivity index (χ2n) is 17.6. The number of aliphatic hydroxyl groups excluding tert-OH is 1. The first kappa shape index (κ1) is 46.2. The summed E-state index contributed by atoms with van der Waals surface area (Å²) in [4.78, 5) is 74.6. The summed E-state index contributed by atoms with van der Waals surface area (Å²) in [6, 6.07) is 5.69. The van der Waals surface area contributed by atoms with Gasteiger partial charge in [0.25, 0.3) is 0 Å². The van der Waals surface area contributed by atoms with Crippen LogP contribution >= 0.6 is 0 Å². The molecule has 3 saturated heterocycles. The van der Waals surface area contributed by atoms with Crippen molar-refractivity contribution in [3.8, 4) is 0 Å². The van der Waals surface area contributed by atoms with E-state index < -0.39 is 77.1 Å². The molecule has 0 radical (unpaired) electrons. The molecule has 3 aliphatic heterocycles. The Balaban J connectivity index is 1.37. The van der Waals surface area contributed by atoms with Gasteiger partial charge in [0.05, 0.1) is 19.2 Å². The topological polar surface area (TPSA) is 182 Å². The van der Waals surface area contributed by atoms with Gasteiger partial charge in [-0.15, -0.1) is 0 Å². The van der Waals surface area contributed by atoms with Crippen LogP contribution in [-0.2, 0) is 54.3 Å². The summed E-state index contributed by atoms with van der Waals surface area (Å²) in [7, 11) is 3.35. The largest absolute Gasteiger partial charge is 0.460 e. The highest BCUT2D eigenvalue weighted by Crippen LogP contribution is 2.58. The van der Waals surface area contributed by atoms with Crippen molar-refractivity contribution in [1.29, 1.82) is 0 Å². The number of hydrogen-bond acceptors (Lipinski definition) is 12. The number of nitrogens with one attached hydrogen (secondary N) is 2. The van der Waals surface area contributed by atoms with E-state index in [1.54, 1.807) is 40.9 Å². The van der Waals surface area contributed by atoms with Gasteiger partial charge in [0.2, 0.25) is 17.7 Å². The van der Waals surface area contributed by atoms with Gasteiger partial charge in [-0.3, -0.25) is 28.8 Å². The number of carbonyl (C=O) groups excluding carboxylic acids is 5. The van der Waals surface area contributed by atoms with E-state index in [-0.39, 0.29) is 51.3 Å². The fourth-order valence-corrected chi connectivity index (χ4v) is 8.64. The maximum absolute atomic E-state index is 14.7. The minimum atomic E-state index is -1.43. The molecule has 0 aromatic heterocycles. The van der Waals surface area contributed by atoms with Crippen LogP contribution in [0.2, 0.25) is 0 Å². The van der Waals surface area contributed by atoms with Crippen LogP contribution in [0.3, 0.4) is 0 Å². The van der Waals surface area contributed by atoms with E-state index in [9.17, 15) is 29.1 Å². The van der Waals surface area contributed by atoms with Gasteiger partial charge >= 0.3 is 11.9 Å². The molecule has 0 unspecified atom stereocenters. The molecule has 4 fully saturated rings. The zero-order valence-electron chi connectivity index (χ0n) is 36.0. The molecule has 1 saturated carbocycles. The Morgan fingerprint density at radius 2 is 1.73 bits per heavy atom. The first-order valence-electron chi connectivity index (χ1n) is 21.4.